The van der Waals surface area contributed by atoms with Crippen molar-refractivity contribution in [3.8, 4) is 0 Å². The molecular formula is C15H48P4. The molecule has 0 nitrogen and oxygen atoms in total. The normalized spacial score (nSPS) is 7.58. The average molecular weight is 352 g/mol. The lowest BCUT2D eigenvalue weighted by molar-refractivity contribution is 2.13. The first-order valence-corrected chi connectivity index (χ1v) is 16.1. The van der Waals surface area contributed by atoms with Gasteiger partial charge in [-0.05, 0) is 80.0 Å². The lowest BCUT2D eigenvalue weighted by Gasteiger charge is -1.81. The van der Waals surface area contributed by atoms with Crippen molar-refractivity contribution >= 4 is 31.7 Å². The molecule has 0 aromatic carbocycles. The molecule has 0 rings (SSSR count). The SMILES string of the molecule is C.C.C.CP(C)C.CP(C)C.CP(C)C.CP(C)C. The van der Waals surface area contributed by atoms with Gasteiger partial charge in [-0.15, -0.1) is 31.7 Å². The van der Waals surface area contributed by atoms with Crippen molar-refractivity contribution in [2.24, 2.45) is 0 Å². The summed E-state index contributed by atoms with van der Waals surface area (Å²) < 4.78 is 0. The number of hydrogen-bond acceptors (Lipinski definition) is 0. The summed E-state index contributed by atoms with van der Waals surface area (Å²) in [6.45, 7) is 26.8. The van der Waals surface area contributed by atoms with Crippen molar-refractivity contribution in [2.75, 3.05) is 80.0 Å². The molecule has 0 unspecified atom stereocenters. The monoisotopic (exact) mass is 352 g/mol. The Balaban J connectivity index is -0.0000000192. The Morgan fingerprint density at radius 3 is 0.263 bits per heavy atom. The molecular weight excluding hydrogens is 304 g/mol. The van der Waals surface area contributed by atoms with Crippen LogP contribution in [0.3, 0.4) is 0 Å². The first kappa shape index (κ1) is 42.8. The summed E-state index contributed by atoms with van der Waals surface area (Å²) in [4.78, 5) is 0. The Morgan fingerprint density at radius 2 is 0.263 bits per heavy atom. The molecule has 0 N–H and O–H groups in total. The molecule has 0 saturated heterocycles. The highest BCUT2D eigenvalue weighted by Crippen LogP contribution is 2.15. The maximum atomic E-state index is 2.23. The van der Waals surface area contributed by atoms with Crippen LogP contribution in [-0.4, -0.2) is 80.0 Å². The Morgan fingerprint density at radius 1 is 0.263 bits per heavy atom. The van der Waals surface area contributed by atoms with E-state index in [1.165, 1.54) is 0 Å². The summed E-state index contributed by atoms with van der Waals surface area (Å²) >= 11 is 0. The van der Waals surface area contributed by atoms with Crippen LogP contribution in [0.5, 0.6) is 0 Å². The molecule has 0 aliphatic carbocycles. The molecule has 0 aromatic rings. The summed E-state index contributed by atoms with van der Waals surface area (Å²) in [5, 5.41) is 0. The molecule has 0 aliphatic rings. The number of hydrogen-bond donors (Lipinski definition) is 0. The summed E-state index contributed by atoms with van der Waals surface area (Å²) in [5.41, 5.74) is 0. The molecule has 128 valence electrons. The van der Waals surface area contributed by atoms with Gasteiger partial charge in [0.2, 0.25) is 0 Å². The predicted molar refractivity (Wildman–Crippen MR) is 119 cm³/mol. The molecule has 0 bridgehead atoms. The van der Waals surface area contributed by atoms with Crippen molar-refractivity contribution in [3.63, 3.8) is 0 Å². The maximum Gasteiger partial charge on any atom is -0.0449 e. The van der Waals surface area contributed by atoms with E-state index in [1.807, 2.05) is 0 Å². The van der Waals surface area contributed by atoms with Crippen LogP contribution in [0, 0.1) is 0 Å². The van der Waals surface area contributed by atoms with E-state index < -0.39 is 0 Å². The van der Waals surface area contributed by atoms with Gasteiger partial charge >= 0.3 is 0 Å². The number of rotatable bonds is 0. The molecule has 0 aliphatic heterocycles. The van der Waals surface area contributed by atoms with Gasteiger partial charge in [-0.2, -0.15) is 0 Å². The van der Waals surface area contributed by atoms with Gasteiger partial charge in [-0.3, -0.25) is 0 Å². The van der Waals surface area contributed by atoms with Crippen molar-refractivity contribution < 1.29 is 0 Å². The van der Waals surface area contributed by atoms with E-state index in [-0.39, 0.29) is 22.3 Å². The van der Waals surface area contributed by atoms with Crippen LogP contribution in [0.25, 0.3) is 0 Å². The lowest BCUT2D eigenvalue weighted by Crippen LogP contribution is -1.48. The summed E-state index contributed by atoms with van der Waals surface area (Å²) in [6, 6.07) is 0. The Kier molecular flexibility index (Phi) is 82.7. The van der Waals surface area contributed by atoms with Gasteiger partial charge in [-0.1, -0.05) is 22.3 Å². The van der Waals surface area contributed by atoms with Crippen LogP contribution in [0.15, 0.2) is 0 Å². The third-order valence-electron chi connectivity index (χ3n) is 0. The topological polar surface area (TPSA) is 0 Å². The molecule has 0 fully saturated rings. The van der Waals surface area contributed by atoms with Gasteiger partial charge in [0, 0.05) is 0 Å². The second-order valence-electron chi connectivity index (χ2n) is 5.37. The van der Waals surface area contributed by atoms with Crippen LogP contribution in [0.2, 0.25) is 0 Å². The zero-order chi connectivity index (χ0) is 14.3. The van der Waals surface area contributed by atoms with Crippen LogP contribution >= 0.6 is 31.7 Å². The highest BCUT2D eigenvalue weighted by molar-refractivity contribution is 7.55. The first-order chi connectivity index (χ1) is 6.93. The fraction of sp³-hybridized carbons (Fsp3) is 1.00. The highest BCUT2D eigenvalue weighted by atomic mass is 31.1. The molecule has 0 radical (unpaired) electrons. The maximum absolute atomic E-state index is 2.23. The third-order valence-corrected chi connectivity index (χ3v) is 0. The molecule has 0 atom stereocenters. The smallest absolute Gasteiger partial charge is 0.0449 e. The molecule has 0 heterocycles. The zero-order valence-electron chi connectivity index (χ0n) is 13.8. The van der Waals surface area contributed by atoms with Crippen LogP contribution < -0.4 is 0 Å². The minimum absolute atomic E-state index is 0. The average Bonchev–Trinajstić information content (AvgIpc) is 1.76. The van der Waals surface area contributed by atoms with E-state index in [0.717, 1.165) is 0 Å². The second-order valence-corrected chi connectivity index (χ2v) is 16.1. The standard InChI is InChI=1S/4C3H9P.3CH4/c4*1-4(2)3;;;/h4*1-3H3;3*1H4. The predicted octanol–water partition coefficient (Wildman–Crippen LogP) is 7.34. The van der Waals surface area contributed by atoms with Crippen molar-refractivity contribution in [3.05, 3.63) is 0 Å². The Bertz CT molecular complexity index is 57.1. The minimum Gasteiger partial charge on any atom is -0.116 e. The van der Waals surface area contributed by atoms with E-state index in [4.69, 9.17) is 0 Å². The second kappa shape index (κ2) is 36.7. The van der Waals surface area contributed by atoms with Crippen molar-refractivity contribution in [2.45, 2.75) is 22.3 Å². The lowest BCUT2D eigenvalue weighted by atomic mass is 11.9. The highest BCUT2D eigenvalue weighted by Gasteiger charge is 1.66. The van der Waals surface area contributed by atoms with Gasteiger partial charge in [-0.25, -0.2) is 0 Å². The van der Waals surface area contributed by atoms with E-state index in [9.17, 15) is 0 Å². The molecule has 0 amide bonds. The van der Waals surface area contributed by atoms with Gasteiger partial charge in [0.25, 0.3) is 0 Å². The molecule has 0 spiro atoms. The fourth-order valence-electron chi connectivity index (χ4n) is 0. The van der Waals surface area contributed by atoms with Gasteiger partial charge in [0.15, 0.2) is 0 Å². The molecule has 0 aromatic heterocycles. The minimum atomic E-state index is 0. The van der Waals surface area contributed by atoms with E-state index in [0.29, 0.717) is 31.7 Å². The summed E-state index contributed by atoms with van der Waals surface area (Å²) in [5.74, 6) is 0. The Labute approximate surface area is 134 Å². The van der Waals surface area contributed by atoms with Crippen molar-refractivity contribution in [1.29, 1.82) is 0 Å². The summed E-state index contributed by atoms with van der Waals surface area (Å²) in [7, 11) is 1.52. The van der Waals surface area contributed by atoms with Gasteiger partial charge in [0.05, 0.1) is 0 Å². The Hall–Kier alpha value is 1.72. The molecule has 0 saturated carbocycles. The zero-order valence-corrected chi connectivity index (χ0v) is 17.4. The van der Waals surface area contributed by atoms with Crippen molar-refractivity contribution in [1.82, 2.24) is 0 Å². The fourth-order valence-corrected chi connectivity index (χ4v) is 0. The van der Waals surface area contributed by atoms with Crippen LogP contribution in [0.1, 0.15) is 22.3 Å². The molecule has 19 heavy (non-hydrogen) atoms. The summed E-state index contributed by atoms with van der Waals surface area (Å²) in [6.07, 6.45) is 0. The van der Waals surface area contributed by atoms with Gasteiger partial charge < -0.3 is 0 Å². The van der Waals surface area contributed by atoms with Gasteiger partial charge in [0.1, 0.15) is 0 Å². The molecule has 4 heteroatoms. The van der Waals surface area contributed by atoms with Crippen LogP contribution in [-0.2, 0) is 0 Å². The third kappa shape index (κ3) is 2090. The largest absolute Gasteiger partial charge is 0.116 e. The van der Waals surface area contributed by atoms with E-state index in [2.05, 4.69) is 80.0 Å². The van der Waals surface area contributed by atoms with E-state index in [1.54, 1.807) is 0 Å². The van der Waals surface area contributed by atoms with E-state index >= 15 is 0 Å². The quantitative estimate of drug-likeness (QED) is 0.400. The first-order valence-electron chi connectivity index (χ1n) is 5.37. The van der Waals surface area contributed by atoms with Crippen LogP contribution in [0.4, 0.5) is 0 Å².